The summed E-state index contributed by atoms with van der Waals surface area (Å²) in [6.45, 7) is 7.74. The molecule has 3 aromatic rings. The zero-order valence-electron chi connectivity index (χ0n) is 23.1. The number of ketones is 1. The van der Waals surface area contributed by atoms with Crippen molar-refractivity contribution in [3.8, 4) is 5.75 Å². The Balaban J connectivity index is 1.42. The summed E-state index contributed by atoms with van der Waals surface area (Å²) < 4.78 is 19.0. The number of aromatic amines is 1. The standard InChI is InChI=1S/C31H36FN3O4/c1-18-17-35(19(2)13-22(18)14-21-7-9-23(32)10-8-21)30(37)25-15-24-26(16-27(25)39-4)33-20(3)28(24)29(36)31(38)34-11-5-6-12-34/h7-10,15-16,18-19,22,33H,5-6,11-14,17H2,1-4H3/t18-,19+,22?/m0/s1. The van der Waals surface area contributed by atoms with Crippen molar-refractivity contribution >= 4 is 28.5 Å². The van der Waals surface area contributed by atoms with Gasteiger partial charge in [0.25, 0.3) is 17.6 Å². The van der Waals surface area contributed by atoms with Crippen LogP contribution in [0.5, 0.6) is 5.75 Å². The molecule has 5 rings (SSSR count). The zero-order chi connectivity index (χ0) is 27.8. The minimum atomic E-state index is -0.548. The number of rotatable bonds is 6. The number of halogens is 1. The molecule has 0 radical (unpaired) electrons. The molecule has 1 unspecified atom stereocenters. The molecule has 3 atom stereocenters. The molecule has 2 saturated heterocycles. The van der Waals surface area contributed by atoms with Gasteiger partial charge in [0.05, 0.1) is 23.8 Å². The van der Waals surface area contributed by atoms with Crippen molar-refractivity contribution in [2.24, 2.45) is 11.8 Å². The number of amides is 2. The molecule has 2 fully saturated rings. The van der Waals surface area contributed by atoms with Crippen molar-refractivity contribution in [3.05, 3.63) is 64.6 Å². The Kier molecular flexibility index (Phi) is 7.47. The van der Waals surface area contributed by atoms with Crippen LogP contribution in [0, 0.1) is 24.6 Å². The number of methoxy groups -OCH3 is 1. The highest BCUT2D eigenvalue weighted by atomic mass is 19.1. The Hall–Kier alpha value is -3.68. The van der Waals surface area contributed by atoms with E-state index in [9.17, 15) is 18.8 Å². The van der Waals surface area contributed by atoms with Crippen LogP contribution in [0.2, 0.25) is 0 Å². The summed E-state index contributed by atoms with van der Waals surface area (Å²) in [4.78, 5) is 46.9. The maximum atomic E-state index is 13.9. The van der Waals surface area contributed by atoms with E-state index in [-0.39, 0.29) is 23.7 Å². The zero-order valence-corrected chi connectivity index (χ0v) is 23.1. The van der Waals surface area contributed by atoms with Crippen molar-refractivity contribution in [2.45, 2.75) is 52.5 Å². The number of benzene rings is 2. The Morgan fingerprint density at radius 3 is 2.44 bits per heavy atom. The van der Waals surface area contributed by atoms with E-state index in [4.69, 9.17) is 4.74 Å². The fourth-order valence-corrected chi connectivity index (χ4v) is 6.24. The number of aromatic nitrogens is 1. The molecular formula is C31H36FN3O4. The maximum absolute atomic E-state index is 13.9. The maximum Gasteiger partial charge on any atom is 0.295 e. The predicted octanol–water partition coefficient (Wildman–Crippen LogP) is 5.16. The second kappa shape index (κ2) is 10.8. The van der Waals surface area contributed by atoms with Crippen LogP contribution < -0.4 is 4.74 Å². The first kappa shape index (κ1) is 26.9. The summed E-state index contributed by atoms with van der Waals surface area (Å²) in [5.41, 5.74) is 3.03. The van der Waals surface area contributed by atoms with Gasteiger partial charge < -0.3 is 19.5 Å². The van der Waals surface area contributed by atoms with Crippen molar-refractivity contribution in [1.29, 1.82) is 0 Å². The number of aryl methyl sites for hydroxylation is 1. The number of carbonyl (C=O) groups is 3. The van der Waals surface area contributed by atoms with Gasteiger partial charge in [-0.15, -0.1) is 0 Å². The summed E-state index contributed by atoms with van der Waals surface area (Å²) in [6, 6.07) is 10.1. The van der Waals surface area contributed by atoms with Crippen molar-refractivity contribution in [1.82, 2.24) is 14.8 Å². The van der Waals surface area contributed by atoms with Crippen molar-refractivity contribution < 1.29 is 23.5 Å². The lowest BCUT2D eigenvalue weighted by Crippen LogP contribution is -2.48. The fraction of sp³-hybridized carbons (Fsp3) is 0.452. The number of Topliss-reactive ketones (excluding diaryl/α,β-unsaturated/α-hetero) is 1. The van der Waals surface area contributed by atoms with Gasteiger partial charge in [-0.05, 0) is 75.1 Å². The number of hydrogen-bond acceptors (Lipinski definition) is 4. The van der Waals surface area contributed by atoms with Gasteiger partial charge in [0.2, 0.25) is 0 Å². The third-order valence-corrected chi connectivity index (χ3v) is 8.49. The van der Waals surface area contributed by atoms with Gasteiger partial charge in [-0.1, -0.05) is 19.1 Å². The first-order valence-corrected chi connectivity index (χ1v) is 13.8. The van der Waals surface area contributed by atoms with Gasteiger partial charge in [0.15, 0.2) is 0 Å². The van der Waals surface area contributed by atoms with Gasteiger partial charge in [-0.25, -0.2) is 4.39 Å². The van der Waals surface area contributed by atoms with Crippen LogP contribution in [-0.4, -0.2) is 65.2 Å². The third kappa shape index (κ3) is 5.16. The Labute approximate surface area is 228 Å². The van der Waals surface area contributed by atoms with Crippen LogP contribution in [0.25, 0.3) is 10.9 Å². The molecule has 2 aliphatic heterocycles. The van der Waals surface area contributed by atoms with Gasteiger partial charge in [0, 0.05) is 42.8 Å². The smallest absolute Gasteiger partial charge is 0.295 e. The van der Waals surface area contributed by atoms with Gasteiger partial charge >= 0.3 is 0 Å². The summed E-state index contributed by atoms with van der Waals surface area (Å²) in [5, 5.41) is 0.557. The number of H-pyrrole nitrogens is 1. The predicted molar refractivity (Wildman–Crippen MR) is 148 cm³/mol. The highest BCUT2D eigenvalue weighted by Gasteiger charge is 2.36. The van der Waals surface area contributed by atoms with Crippen molar-refractivity contribution in [2.75, 3.05) is 26.7 Å². The molecule has 0 saturated carbocycles. The normalized spacial score (nSPS) is 21.4. The molecule has 8 heteroatoms. The molecule has 2 aromatic carbocycles. The highest BCUT2D eigenvalue weighted by Crippen LogP contribution is 2.35. The second-order valence-electron chi connectivity index (χ2n) is 11.2. The Morgan fingerprint density at radius 2 is 1.77 bits per heavy atom. The quantitative estimate of drug-likeness (QED) is 0.351. The SMILES string of the molecule is COc1cc2[nH]c(C)c(C(=O)C(=O)N3CCCC3)c2cc1C(=O)N1C[C@H](C)C(Cc2ccc(F)cc2)C[C@H]1C. The summed E-state index contributed by atoms with van der Waals surface area (Å²) >= 11 is 0. The molecular weight excluding hydrogens is 497 g/mol. The average Bonchev–Trinajstić information content (AvgIpc) is 3.57. The third-order valence-electron chi connectivity index (χ3n) is 8.49. The molecule has 2 amide bonds. The molecule has 1 N–H and O–H groups in total. The van der Waals surface area contributed by atoms with Crippen LogP contribution in [0.3, 0.4) is 0 Å². The number of nitrogens with one attached hydrogen (secondary N) is 1. The molecule has 3 heterocycles. The first-order valence-electron chi connectivity index (χ1n) is 13.8. The van der Waals surface area contributed by atoms with E-state index < -0.39 is 11.7 Å². The summed E-state index contributed by atoms with van der Waals surface area (Å²) in [7, 11) is 1.53. The second-order valence-corrected chi connectivity index (χ2v) is 11.2. The lowest BCUT2D eigenvalue weighted by Gasteiger charge is -2.42. The van der Waals surface area contributed by atoms with Crippen LogP contribution in [0.1, 0.15) is 65.1 Å². The number of nitrogens with zero attached hydrogens (tertiary/aromatic N) is 2. The van der Waals surface area contributed by atoms with Gasteiger partial charge in [-0.3, -0.25) is 14.4 Å². The molecule has 206 valence electrons. The minimum Gasteiger partial charge on any atom is -0.496 e. The molecule has 2 aliphatic rings. The topological polar surface area (TPSA) is 82.7 Å². The molecule has 39 heavy (non-hydrogen) atoms. The summed E-state index contributed by atoms with van der Waals surface area (Å²) in [5.74, 6) is -0.405. The highest BCUT2D eigenvalue weighted by molar-refractivity contribution is 6.45. The van der Waals surface area contributed by atoms with Crippen LogP contribution >= 0.6 is 0 Å². The number of ether oxygens (including phenoxy) is 1. The van der Waals surface area contributed by atoms with Gasteiger partial charge in [0.1, 0.15) is 11.6 Å². The molecule has 0 spiro atoms. The lowest BCUT2D eigenvalue weighted by molar-refractivity contribution is -0.125. The Morgan fingerprint density at radius 1 is 1.08 bits per heavy atom. The number of carbonyl (C=O) groups excluding carboxylic acids is 3. The van der Waals surface area contributed by atoms with Crippen LogP contribution in [-0.2, 0) is 11.2 Å². The average molecular weight is 534 g/mol. The van der Waals surface area contributed by atoms with E-state index in [2.05, 4.69) is 18.8 Å². The monoisotopic (exact) mass is 533 g/mol. The van der Waals surface area contributed by atoms with Gasteiger partial charge in [-0.2, -0.15) is 0 Å². The fourth-order valence-electron chi connectivity index (χ4n) is 6.24. The summed E-state index contributed by atoms with van der Waals surface area (Å²) in [6.07, 6.45) is 3.46. The van der Waals surface area contributed by atoms with Crippen molar-refractivity contribution in [3.63, 3.8) is 0 Å². The van der Waals surface area contributed by atoms with Crippen LogP contribution in [0.15, 0.2) is 36.4 Å². The number of piperidine rings is 1. The molecule has 1 aromatic heterocycles. The lowest BCUT2D eigenvalue weighted by atomic mass is 9.79. The molecule has 0 aliphatic carbocycles. The van der Waals surface area contributed by atoms with E-state index in [1.807, 2.05) is 17.0 Å². The largest absolute Gasteiger partial charge is 0.496 e. The Bertz CT molecular complexity index is 1410. The first-order chi connectivity index (χ1) is 18.7. The van der Waals surface area contributed by atoms with Crippen LogP contribution in [0.4, 0.5) is 4.39 Å². The number of fused-ring (bicyclic) bond motifs is 1. The van der Waals surface area contributed by atoms with E-state index in [1.54, 1.807) is 24.0 Å². The molecule has 7 nitrogen and oxygen atoms in total. The number of hydrogen-bond donors (Lipinski definition) is 1. The van der Waals surface area contributed by atoms with E-state index in [0.717, 1.165) is 31.2 Å². The van der Waals surface area contributed by atoms with E-state index >= 15 is 0 Å². The molecule has 0 bridgehead atoms. The minimum absolute atomic E-state index is 0.00893. The van der Waals surface area contributed by atoms with E-state index in [0.29, 0.717) is 59.0 Å². The van der Waals surface area contributed by atoms with E-state index in [1.165, 1.54) is 19.2 Å². The number of likely N-dealkylation sites (tertiary alicyclic amines) is 2.